The summed E-state index contributed by atoms with van der Waals surface area (Å²) in [5, 5.41) is 1.64. The second-order valence-electron chi connectivity index (χ2n) is 8.35. The number of hydrogen-bond donors (Lipinski definition) is 0. The molecule has 0 N–H and O–H groups in total. The maximum atomic E-state index is 12.6. The van der Waals surface area contributed by atoms with Crippen molar-refractivity contribution in [3.63, 3.8) is 0 Å². The van der Waals surface area contributed by atoms with Gasteiger partial charge in [-0.3, -0.25) is 4.18 Å². The fraction of sp³-hybridized carbons (Fsp3) is 0.615. The van der Waals surface area contributed by atoms with Crippen molar-refractivity contribution in [2.24, 2.45) is 0 Å². The molecule has 0 bridgehead atoms. The average molecular weight is 457 g/mol. The van der Waals surface area contributed by atoms with Crippen LogP contribution >= 0.6 is 0 Å². The normalized spacial score (nSPS) is 11.5. The second kappa shape index (κ2) is 17.1. The minimum absolute atomic E-state index is 0. The first-order chi connectivity index (χ1) is 14.6. The van der Waals surface area contributed by atoms with E-state index >= 15 is 0 Å². The summed E-state index contributed by atoms with van der Waals surface area (Å²) in [5.74, 6) is 0. The summed E-state index contributed by atoms with van der Waals surface area (Å²) in [6.07, 6.45) is 17.9. The molecule has 0 fully saturated rings. The molecule has 0 aliphatic rings. The molecule has 5 heteroatoms. The summed E-state index contributed by atoms with van der Waals surface area (Å²) in [4.78, 5) is 0.269. The van der Waals surface area contributed by atoms with Crippen molar-refractivity contribution in [1.29, 1.82) is 0 Å². The van der Waals surface area contributed by atoms with Crippen molar-refractivity contribution < 1.29 is 12.6 Å². The minimum atomic E-state index is -3.70. The van der Waals surface area contributed by atoms with Crippen molar-refractivity contribution in [3.8, 4) is 0 Å². The van der Waals surface area contributed by atoms with Crippen LogP contribution in [0.15, 0.2) is 47.4 Å². The summed E-state index contributed by atoms with van der Waals surface area (Å²) < 4.78 is 30.4. The van der Waals surface area contributed by atoms with Crippen LogP contribution in [0.3, 0.4) is 0 Å². The molecule has 0 atom stereocenters. The molecule has 0 amide bonds. The molecule has 3 nitrogen and oxygen atoms in total. The van der Waals surface area contributed by atoms with Crippen LogP contribution in [0, 0.1) is 0 Å². The van der Waals surface area contributed by atoms with Crippen LogP contribution in [0.5, 0.6) is 0 Å². The average Bonchev–Trinajstić information content (AvgIpc) is 2.76. The Morgan fingerprint density at radius 3 is 1.71 bits per heavy atom. The van der Waals surface area contributed by atoms with Gasteiger partial charge in [-0.25, -0.2) is 0 Å². The van der Waals surface area contributed by atoms with Crippen molar-refractivity contribution in [2.45, 2.75) is 102 Å². The molecule has 0 unspecified atom stereocenters. The van der Waals surface area contributed by atoms with Crippen molar-refractivity contribution in [1.82, 2.24) is 0 Å². The van der Waals surface area contributed by atoms with Crippen LogP contribution in [0.4, 0.5) is 0 Å². The van der Waals surface area contributed by atoms with E-state index in [0.29, 0.717) is 0 Å². The van der Waals surface area contributed by atoms with Gasteiger partial charge in [0.1, 0.15) is 4.90 Å². The monoisotopic (exact) mass is 456 g/mol. The van der Waals surface area contributed by atoms with Crippen molar-refractivity contribution in [3.05, 3.63) is 42.5 Å². The topological polar surface area (TPSA) is 43.4 Å². The van der Waals surface area contributed by atoms with Crippen molar-refractivity contribution >= 4 is 50.4 Å². The number of fused-ring (bicyclic) bond motifs is 1. The van der Waals surface area contributed by atoms with E-state index in [2.05, 4.69) is 6.92 Å². The van der Waals surface area contributed by atoms with Gasteiger partial charge >= 0.3 is 29.6 Å². The number of benzene rings is 2. The summed E-state index contributed by atoms with van der Waals surface area (Å²) in [6, 6.07) is 12.8. The SMILES string of the molecule is CCCCCCCCCCCCCCCCOS(=O)(=O)c1cccc2ccccc12.[NaH]. The molecule has 0 saturated carbocycles. The van der Waals surface area contributed by atoms with Gasteiger partial charge in [-0.15, -0.1) is 0 Å². The zero-order valence-corrected chi connectivity index (χ0v) is 19.6. The van der Waals surface area contributed by atoms with Gasteiger partial charge in [-0.2, -0.15) is 8.42 Å². The Hall–Kier alpha value is -0.390. The van der Waals surface area contributed by atoms with E-state index in [1.807, 2.05) is 30.3 Å². The fourth-order valence-corrected chi connectivity index (χ4v) is 5.11. The first kappa shape index (κ1) is 28.6. The predicted octanol–water partition coefficient (Wildman–Crippen LogP) is 7.38. The fourth-order valence-electron chi connectivity index (χ4n) is 3.94. The van der Waals surface area contributed by atoms with Gasteiger partial charge in [0.2, 0.25) is 0 Å². The van der Waals surface area contributed by atoms with Crippen molar-refractivity contribution in [2.75, 3.05) is 6.61 Å². The Morgan fingerprint density at radius 2 is 1.13 bits per heavy atom. The van der Waals surface area contributed by atoms with E-state index in [9.17, 15) is 8.42 Å². The third kappa shape index (κ3) is 11.3. The summed E-state index contributed by atoms with van der Waals surface area (Å²) in [6.45, 7) is 2.53. The third-order valence-electron chi connectivity index (χ3n) is 5.76. The molecular formula is C26H41NaO3S. The molecule has 0 radical (unpaired) electrons. The van der Waals surface area contributed by atoms with E-state index in [1.165, 1.54) is 70.6 Å². The van der Waals surface area contributed by atoms with Crippen LogP contribution in [-0.4, -0.2) is 44.6 Å². The van der Waals surface area contributed by atoms with Gasteiger partial charge < -0.3 is 0 Å². The quantitative estimate of drug-likeness (QED) is 0.142. The van der Waals surface area contributed by atoms with Gasteiger partial charge in [0.15, 0.2) is 0 Å². The standard InChI is InChI=1S/C26H40O3S.Na.H/c1-2-3-4-5-6-7-8-9-10-11-12-13-14-17-23-29-30(27,28)26-22-18-20-24-19-15-16-21-25(24)26;;/h15-16,18-22H,2-14,17,23H2,1H3;;. The van der Waals surface area contributed by atoms with E-state index in [4.69, 9.17) is 4.18 Å². The van der Waals surface area contributed by atoms with Gasteiger partial charge in [-0.1, -0.05) is 127 Å². The zero-order valence-electron chi connectivity index (χ0n) is 18.8. The van der Waals surface area contributed by atoms with Crippen LogP contribution in [0.2, 0.25) is 0 Å². The van der Waals surface area contributed by atoms with Crippen LogP contribution in [0.25, 0.3) is 10.8 Å². The maximum absolute atomic E-state index is 12.6. The molecule has 0 spiro atoms. The summed E-state index contributed by atoms with van der Waals surface area (Å²) in [5.41, 5.74) is 0. The molecule has 0 aliphatic carbocycles. The Morgan fingerprint density at radius 1 is 0.645 bits per heavy atom. The molecule has 2 rings (SSSR count). The van der Waals surface area contributed by atoms with E-state index in [1.54, 1.807) is 12.1 Å². The summed E-state index contributed by atoms with van der Waals surface area (Å²) in [7, 11) is -3.70. The number of rotatable bonds is 17. The van der Waals surface area contributed by atoms with Crippen LogP contribution in [-0.2, 0) is 14.3 Å². The molecular weight excluding hydrogens is 415 g/mol. The number of unbranched alkanes of at least 4 members (excludes halogenated alkanes) is 13. The molecule has 0 aliphatic heterocycles. The molecule has 170 valence electrons. The third-order valence-corrected chi connectivity index (χ3v) is 7.13. The van der Waals surface area contributed by atoms with Gasteiger partial charge in [0.05, 0.1) is 6.61 Å². The molecule has 31 heavy (non-hydrogen) atoms. The van der Waals surface area contributed by atoms with Crippen LogP contribution in [0.1, 0.15) is 96.8 Å². The molecule has 0 saturated heterocycles. The van der Waals surface area contributed by atoms with Gasteiger partial charge in [0, 0.05) is 5.39 Å². The first-order valence-corrected chi connectivity index (χ1v) is 13.4. The zero-order chi connectivity index (χ0) is 21.5. The molecule has 0 aromatic heterocycles. The predicted molar refractivity (Wildman–Crippen MR) is 135 cm³/mol. The number of hydrogen-bond acceptors (Lipinski definition) is 3. The Balaban J connectivity index is 0.00000480. The van der Waals surface area contributed by atoms with Gasteiger partial charge in [0.25, 0.3) is 10.1 Å². The Labute approximate surface area is 212 Å². The Bertz CT molecular complexity index is 815. The first-order valence-electron chi connectivity index (χ1n) is 12.0. The Kier molecular flexibility index (Phi) is 15.8. The van der Waals surface area contributed by atoms with Crippen LogP contribution < -0.4 is 0 Å². The molecule has 2 aromatic carbocycles. The van der Waals surface area contributed by atoms with E-state index in [0.717, 1.165) is 30.0 Å². The molecule has 0 heterocycles. The van der Waals surface area contributed by atoms with E-state index < -0.39 is 10.1 Å². The van der Waals surface area contributed by atoms with Gasteiger partial charge in [-0.05, 0) is 17.9 Å². The molecule has 2 aromatic rings. The second-order valence-corrected chi connectivity index (χ2v) is 9.93. The van der Waals surface area contributed by atoms with E-state index in [-0.39, 0.29) is 41.1 Å². The summed E-state index contributed by atoms with van der Waals surface area (Å²) >= 11 is 0.